The van der Waals surface area contributed by atoms with Crippen molar-refractivity contribution in [1.29, 1.82) is 0 Å². The van der Waals surface area contributed by atoms with Gasteiger partial charge in [-0.3, -0.25) is 9.59 Å². The quantitative estimate of drug-likeness (QED) is 0.0569. The van der Waals surface area contributed by atoms with Gasteiger partial charge in [-0.15, -0.1) is 0 Å². The van der Waals surface area contributed by atoms with Crippen LogP contribution in [0.25, 0.3) is 0 Å². The number of allylic oxidation sites excluding steroid dienone is 2. The number of nitrogens with zero attached hydrogens (tertiary/aromatic N) is 1. The standard InChI is InChI=1S/C34H65NO4/c1-5-7-9-11-13-18-22-27-32(39-33(36)29-24-30-35(3)4)28-23-19-15-12-14-17-21-26-31(34(37)38)25-20-16-10-8-6-2/h16,20,31-32H,5-15,17-19,21-30H2,1-4H3,(H,37,38). The van der Waals surface area contributed by atoms with Crippen LogP contribution in [-0.2, 0) is 14.3 Å². The summed E-state index contributed by atoms with van der Waals surface area (Å²) in [5.74, 6) is -0.915. The normalized spacial score (nSPS) is 13.3. The summed E-state index contributed by atoms with van der Waals surface area (Å²) in [6.45, 7) is 5.35. The van der Waals surface area contributed by atoms with Gasteiger partial charge in [-0.25, -0.2) is 0 Å². The number of carbonyl (C=O) groups excluding carboxylic acids is 1. The molecule has 0 amide bonds. The predicted molar refractivity (Wildman–Crippen MR) is 166 cm³/mol. The third-order valence-electron chi connectivity index (χ3n) is 7.65. The van der Waals surface area contributed by atoms with E-state index in [1.54, 1.807) is 0 Å². The van der Waals surface area contributed by atoms with E-state index < -0.39 is 5.97 Å². The SMILES string of the molecule is CCCCC=CCC(CCCCCCCCCC(CCCCCCCCC)OC(=O)CCCN(C)C)C(=O)O. The third-order valence-corrected chi connectivity index (χ3v) is 7.65. The highest BCUT2D eigenvalue weighted by Gasteiger charge is 2.16. The number of esters is 1. The van der Waals surface area contributed by atoms with Crippen LogP contribution < -0.4 is 0 Å². The molecule has 230 valence electrons. The van der Waals surface area contributed by atoms with Crippen molar-refractivity contribution in [2.24, 2.45) is 5.92 Å². The maximum atomic E-state index is 12.4. The zero-order valence-corrected chi connectivity index (χ0v) is 26.4. The molecule has 0 aromatic heterocycles. The van der Waals surface area contributed by atoms with Gasteiger partial charge in [0.1, 0.15) is 6.10 Å². The second kappa shape index (κ2) is 28.2. The van der Waals surface area contributed by atoms with E-state index in [9.17, 15) is 14.7 Å². The van der Waals surface area contributed by atoms with Crippen molar-refractivity contribution in [3.05, 3.63) is 12.2 Å². The Kier molecular flexibility index (Phi) is 27.2. The van der Waals surface area contributed by atoms with Crippen molar-refractivity contribution in [3.63, 3.8) is 0 Å². The van der Waals surface area contributed by atoms with Crippen LogP contribution in [0.3, 0.4) is 0 Å². The van der Waals surface area contributed by atoms with Gasteiger partial charge < -0.3 is 14.7 Å². The maximum absolute atomic E-state index is 12.4. The van der Waals surface area contributed by atoms with E-state index in [0.717, 1.165) is 64.3 Å². The molecular formula is C34H65NO4. The number of aliphatic carboxylic acids is 1. The molecule has 0 aliphatic heterocycles. The molecule has 5 heteroatoms. The number of carboxylic acid groups (broad SMARTS) is 1. The van der Waals surface area contributed by atoms with Gasteiger partial charge in [-0.1, -0.05) is 116 Å². The fourth-order valence-electron chi connectivity index (χ4n) is 5.06. The second-order valence-corrected chi connectivity index (χ2v) is 11.9. The van der Waals surface area contributed by atoms with Crippen LogP contribution in [0, 0.1) is 5.92 Å². The van der Waals surface area contributed by atoms with Crippen LogP contribution in [0.4, 0.5) is 0 Å². The Labute approximate surface area is 242 Å². The van der Waals surface area contributed by atoms with Gasteiger partial charge >= 0.3 is 11.9 Å². The van der Waals surface area contributed by atoms with Crippen LogP contribution in [0.15, 0.2) is 12.2 Å². The first-order valence-electron chi connectivity index (χ1n) is 16.6. The van der Waals surface area contributed by atoms with E-state index in [-0.39, 0.29) is 18.0 Å². The maximum Gasteiger partial charge on any atom is 0.306 e. The summed E-state index contributed by atoms with van der Waals surface area (Å²) in [6.07, 6.45) is 29.6. The lowest BCUT2D eigenvalue weighted by atomic mass is 9.96. The van der Waals surface area contributed by atoms with Gasteiger partial charge in [-0.05, 0) is 72.0 Å². The molecule has 1 N–H and O–H groups in total. The molecule has 0 aromatic carbocycles. The van der Waals surface area contributed by atoms with E-state index >= 15 is 0 Å². The van der Waals surface area contributed by atoms with E-state index in [0.29, 0.717) is 12.8 Å². The molecule has 0 aromatic rings. The minimum absolute atomic E-state index is 0.0269. The number of ether oxygens (including phenoxy) is 1. The fourth-order valence-corrected chi connectivity index (χ4v) is 5.06. The molecule has 0 aliphatic rings. The second-order valence-electron chi connectivity index (χ2n) is 11.9. The molecule has 0 saturated carbocycles. The molecule has 0 aliphatic carbocycles. The Morgan fingerprint density at radius 3 is 1.72 bits per heavy atom. The summed E-state index contributed by atoms with van der Waals surface area (Å²) >= 11 is 0. The van der Waals surface area contributed by atoms with Gasteiger partial charge in [0.15, 0.2) is 0 Å². The minimum Gasteiger partial charge on any atom is -0.481 e. The van der Waals surface area contributed by atoms with Gasteiger partial charge in [0.05, 0.1) is 5.92 Å². The molecule has 0 rings (SSSR count). The molecular weight excluding hydrogens is 486 g/mol. The minimum atomic E-state index is -0.653. The van der Waals surface area contributed by atoms with E-state index in [1.807, 2.05) is 14.1 Å². The van der Waals surface area contributed by atoms with Crippen LogP contribution >= 0.6 is 0 Å². The zero-order valence-electron chi connectivity index (χ0n) is 26.4. The van der Waals surface area contributed by atoms with Crippen LogP contribution in [0.2, 0.25) is 0 Å². The summed E-state index contributed by atoms with van der Waals surface area (Å²) in [4.78, 5) is 26.0. The van der Waals surface area contributed by atoms with Gasteiger partial charge in [0, 0.05) is 6.42 Å². The Balaban J connectivity index is 4.12. The Morgan fingerprint density at radius 2 is 1.21 bits per heavy atom. The molecule has 5 nitrogen and oxygen atoms in total. The third kappa shape index (κ3) is 26.6. The number of rotatable bonds is 29. The first-order valence-corrected chi connectivity index (χ1v) is 16.6. The molecule has 0 saturated heterocycles. The lowest BCUT2D eigenvalue weighted by Crippen LogP contribution is -2.20. The van der Waals surface area contributed by atoms with Crippen LogP contribution in [0.1, 0.15) is 162 Å². The highest BCUT2D eigenvalue weighted by atomic mass is 16.5. The highest BCUT2D eigenvalue weighted by molar-refractivity contribution is 5.70. The largest absolute Gasteiger partial charge is 0.481 e. The number of unbranched alkanes of at least 4 members (excludes halogenated alkanes) is 14. The smallest absolute Gasteiger partial charge is 0.306 e. The molecule has 0 spiro atoms. The first kappa shape index (κ1) is 37.6. The summed E-state index contributed by atoms with van der Waals surface area (Å²) in [6, 6.07) is 0. The summed E-state index contributed by atoms with van der Waals surface area (Å²) in [5, 5.41) is 9.48. The Hall–Kier alpha value is -1.36. The number of hydrogen-bond acceptors (Lipinski definition) is 4. The van der Waals surface area contributed by atoms with Gasteiger partial charge in [0.2, 0.25) is 0 Å². The Morgan fingerprint density at radius 1 is 0.692 bits per heavy atom. The zero-order chi connectivity index (χ0) is 29.0. The van der Waals surface area contributed by atoms with Crippen molar-refractivity contribution in [2.75, 3.05) is 20.6 Å². The first-order chi connectivity index (χ1) is 18.9. The average molecular weight is 552 g/mol. The predicted octanol–water partition coefficient (Wildman–Crippen LogP) is 9.73. The number of carboxylic acids is 1. The number of hydrogen-bond donors (Lipinski definition) is 1. The summed E-state index contributed by atoms with van der Waals surface area (Å²) in [7, 11) is 4.07. The monoisotopic (exact) mass is 551 g/mol. The molecule has 2 atom stereocenters. The van der Waals surface area contributed by atoms with Gasteiger partial charge in [0.25, 0.3) is 0 Å². The molecule has 0 heterocycles. The molecule has 0 bridgehead atoms. The molecule has 0 fully saturated rings. The van der Waals surface area contributed by atoms with E-state index in [4.69, 9.17) is 4.74 Å². The highest BCUT2D eigenvalue weighted by Crippen LogP contribution is 2.19. The fraction of sp³-hybridized carbons (Fsp3) is 0.882. The van der Waals surface area contributed by atoms with E-state index in [2.05, 4.69) is 30.9 Å². The number of carbonyl (C=O) groups is 2. The van der Waals surface area contributed by atoms with Crippen LogP contribution in [-0.4, -0.2) is 48.7 Å². The lowest BCUT2D eigenvalue weighted by molar-refractivity contribution is -0.150. The molecule has 2 unspecified atom stereocenters. The van der Waals surface area contributed by atoms with Crippen molar-refractivity contribution < 1.29 is 19.4 Å². The summed E-state index contributed by atoms with van der Waals surface area (Å²) < 4.78 is 5.92. The van der Waals surface area contributed by atoms with Crippen molar-refractivity contribution in [1.82, 2.24) is 4.90 Å². The van der Waals surface area contributed by atoms with Crippen molar-refractivity contribution in [2.45, 2.75) is 168 Å². The molecule has 0 radical (unpaired) electrons. The van der Waals surface area contributed by atoms with Crippen molar-refractivity contribution >= 4 is 11.9 Å². The topological polar surface area (TPSA) is 66.8 Å². The molecule has 39 heavy (non-hydrogen) atoms. The average Bonchev–Trinajstić information content (AvgIpc) is 2.89. The van der Waals surface area contributed by atoms with Crippen LogP contribution in [0.5, 0.6) is 0 Å². The van der Waals surface area contributed by atoms with Gasteiger partial charge in [-0.2, -0.15) is 0 Å². The Bertz CT molecular complexity index is 590. The van der Waals surface area contributed by atoms with E-state index in [1.165, 1.54) is 77.0 Å². The lowest BCUT2D eigenvalue weighted by Gasteiger charge is -2.18. The summed E-state index contributed by atoms with van der Waals surface area (Å²) in [5.41, 5.74) is 0. The van der Waals surface area contributed by atoms with Crippen molar-refractivity contribution in [3.8, 4) is 0 Å².